The molecule has 12 atom stereocenters. The Kier molecular flexibility index (Phi) is 57.3. The standard InChI is InChI=1S/C79H137NO13/c1-3-5-7-9-11-13-15-17-19-21-23-25-26-27-28-29-30-31-32-33-34-35-36-37-38-39-40-41-42-43-45-47-49-51-53-55-57-59-61-63-71(84)80-67(68(83)62-60-58-56-54-52-50-48-46-44-24-22-20-18-16-14-12-10-8-6-4-2)66-90-78-76(89)74(87)77(70(65-82)92-78)93-79-75(88)73(86)72(85)69(64-81)91-79/h5,7,11,13,17,19,23,25,27-28,30-31,33-34,36-37,39-40,67-70,72-79,81-83,85-89H,3-4,6,8-10,12,14-16,18,20-22,24,26,29,32,35,38,41-66H2,1-2H3,(H,80,84)/b7-5-,13-11-,19-17-,25-23-,28-27-,31-30-,34-33-,37-36-,40-39-. The molecule has 2 saturated heterocycles. The number of hydrogen-bond acceptors (Lipinski definition) is 13. The number of unbranched alkanes of at least 4 members (excludes halogenated alkanes) is 30. The molecule has 0 saturated carbocycles. The van der Waals surface area contributed by atoms with Crippen molar-refractivity contribution in [2.75, 3.05) is 19.8 Å². The highest BCUT2D eigenvalue weighted by atomic mass is 16.7. The van der Waals surface area contributed by atoms with Gasteiger partial charge in [0.1, 0.15) is 48.8 Å². The van der Waals surface area contributed by atoms with Crippen molar-refractivity contribution in [3.63, 3.8) is 0 Å². The third kappa shape index (κ3) is 45.7. The van der Waals surface area contributed by atoms with Gasteiger partial charge in [0.05, 0.1) is 32.0 Å². The van der Waals surface area contributed by atoms with Gasteiger partial charge in [-0.3, -0.25) is 4.79 Å². The SMILES string of the molecule is CC/C=C\C/C=C\C/C=C\C/C=C\C/C=C\C/C=C\C/C=C\C/C=C\C/C=C\CCCCCCCCCCCCCC(=O)NC(COC1OC(CO)C(OC2OC(CO)C(O)C(O)C2O)C(O)C1O)C(O)CCCCCCCCCCCCCCCCCCCCCC. The van der Waals surface area contributed by atoms with Crippen LogP contribution >= 0.6 is 0 Å². The average molecular weight is 1310 g/mol. The zero-order valence-corrected chi connectivity index (χ0v) is 58.5. The Morgan fingerprint density at radius 2 is 0.742 bits per heavy atom. The summed E-state index contributed by atoms with van der Waals surface area (Å²) in [4.78, 5) is 13.4. The summed E-state index contributed by atoms with van der Waals surface area (Å²) in [7, 11) is 0. The predicted octanol–water partition coefficient (Wildman–Crippen LogP) is 16.3. The van der Waals surface area contributed by atoms with Crippen LogP contribution in [0.2, 0.25) is 0 Å². The molecule has 9 N–H and O–H groups in total. The zero-order chi connectivity index (χ0) is 67.3. The van der Waals surface area contributed by atoms with Crippen LogP contribution in [0.1, 0.15) is 290 Å². The van der Waals surface area contributed by atoms with Gasteiger partial charge in [-0.2, -0.15) is 0 Å². The molecule has 2 fully saturated rings. The van der Waals surface area contributed by atoms with E-state index in [1.54, 1.807) is 0 Å². The molecule has 0 bridgehead atoms. The molecule has 93 heavy (non-hydrogen) atoms. The Morgan fingerprint density at radius 3 is 1.14 bits per heavy atom. The van der Waals surface area contributed by atoms with Crippen molar-refractivity contribution in [3.8, 4) is 0 Å². The number of ether oxygens (including phenoxy) is 4. The van der Waals surface area contributed by atoms with Crippen molar-refractivity contribution < 1.29 is 64.6 Å². The molecule has 2 rings (SSSR count). The largest absolute Gasteiger partial charge is 0.394 e. The van der Waals surface area contributed by atoms with Crippen LogP contribution in [0.4, 0.5) is 0 Å². The van der Waals surface area contributed by atoms with E-state index in [1.165, 1.54) is 148 Å². The second-order valence-corrected chi connectivity index (χ2v) is 26.0. The summed E-state index contributed by atoms with van der Waals surface area (Å²) < 4.78 is 22.9. The second-order valence-electron chi connectivity index (χ2n) is 26.0. The first-order valence-corrected chi connectivity index (χ1v) is 37.6. The number of aliphatic hydroxyl groups excluding tert-OH is 8. The summed E-state index contributed by atoms with van der Waals surface area (Å²) in [5, 5.41) is 87.7. The molecule has 14 nitrogen and oxygen atoms in total. The Bertz CT molecular complexity index is 1980. The fourth-order valence-corrected chi connectivity index (χ4v) is 11.8. The monoisotopic (exact) mass is 1310 g/mol. The number of hydrogen-bond donors (Lipinski definition) is 9. The van der Waals surface area contributed by atoms with Crippen LogP contribution in [0, 0.1) is 0 Å². The lowest BCUT2D eigenvalue weighted by Gasteiger charge is -2.46. The first kappa shape index (κ1) is 85.7. The van der Waals surface area contributed by atoms with Crippen LogP contribution in [-0.2, 0) is 23.7 Å². The first-order chi connectivity index (χ1) is 45.6. The molecule has 0 aromatic carbocycles. The Hall–Kier alpha value is -3.35. The van der Waals surface area contributed by atoms with Gasteiger partial charge in [0.2, 0.25) is 5.91 Å². The highest BCUT2D eigenvalue weighted by molar-refractivity contribution is 5.76. The molecule has 2 heterocycles. The summed E-state index contributed by atoms with van der Waals surface area (Å²) in [6.45, 7) is 2.77. The smallest absolute Gasteiger partial charge is 0.220 e. The lowest BCUT2D eigenvalue weighted by molar-refractivity contribution is -0.359. The third-order valence-corrected chi connectivity index (χ3v) is 17.8. The summed E-state index contributed by atoms with van der Waals surface area (Å²) in [5.41, 5.74) is 0. The third-order valence-electron chi connectivity index (χ3n) is 17.8. The van der Waals surface area contributed by atoms with E-state index >= 15 is 0 Å². The molecule has 0 spiro atoms. The van der Waals surface area contributed by atoms with Crippen LogP contribution in [0.3, 0.4) is 0 Å². The fourth-order valence-electron chi connectivity index (χ4n) is 11.8. The van der Waals surface area contributed by atoms with Crippen LogP contribution < -0.4 is 5.32 Å². The van der Waals surface area contributed by atoms with Crippen molar-refractivity contribution >= 4 is 5.91 Å². The lowest BCUT2D eigenvalue weighted by Crippen LogP contribution is -2.65. The van der Waals surface area contributed by atoms with Crippen molar-refractivity contribution in [1.82, 2.24) is 5.32 Å². The van der Waals surface area contributed by atoms with Gasteiger partial charge in [-0.15, -0.1) is 0 Å². The van der Waals surface area contributed by atoms with Crippen LogP contribution in [-0.4, -0.2) is 140 Å². The first-order valence-electron chi connectivity index (χ1n) is 37.6. The molecule has 1 amide bonds. The van der Waals surface area contributed by atoms with E-state index < -0.39 is 86.8 Å². The molecule has 0 aromatic heterocycles. The molecule has 14 heteroatoms. The van der Waals surface area contributed by atoms with Crippen LogP contribution in [0.15, 0.2) is 109 Å². The number of aliphatic hydroxyl groups is 8. The quantitative estimate of drug-likeness (QED) is 0.0204. The lowest BCUT2D eigenvalue weighted by atomic mass is 9.97. The molecule has 0 aliphatic carbocycles. The van der Waals surface area contributed by atoms with Gasteiger partial charge in [-0.05, 0) is 83.5 Å². The molecular formula is C79H137NO13. The van der Waals surface area contributed by atoms with E-state index in [2.05, 4.69) is 129 Å². The Balaban J connectivity index is 1.62. The molecule has 536 valence electrons. The van der Waals surface area contributed by atoms with Crippen molar-refractivity contribution in [2.24, 2.45) is 0 Å². The van der Waals surface area contributed by atoms with E-state index in [-0.39, 0.29) is 12.5 Å². The number of rotatable bonds is 61. The van der Waals surface area contributed by atoms with Gasteiger partial charge < -0.3 is 65.1 Å². The van der Waals surface area contributed by atoms with Gasteiger partial charge in [0.15, 0.2) is 12.6 Å². The highest BCUT2D eigenvalue weighted by Gasteiger charge is 2.51. The van der Waals surface area contributed by atoms with E-state index in [1.807, 2.05) is 0 Å². The zero-order valence-electron chi connectivity index (χ0n) is 58.5. The van der Waals surface area contributed by atoms with Crippen molar-refractivity contribution in [3.05, 3.63) is 109 Å². The molecule has 2 aliphatic rings. The number of nitrogens with one attached hydrogen (secondary N) is 1. The van der Waals surface area contributed by atoms with E-state index in [0.29, 0.717) is 19.3 Å². The fraction of sp³-hybridized carbons (Fsp3) is 0.759. The summed E-state index contributed by atoms with van der Waals surface area (Å²) in [6.07, 6.45) is 72.4. The van der Waals surface area contributed by atoms with E-state index in [0.717, 1.165) is 109 Å². The molecular weight excluding hydrogens is 1170 g/mol. The van der Waals surface area contributed by atoms with Gasteiger partial charge in [-0.1, -0.05) is 309 Å². The van der Waals surface area contributed by atoms with Gasteiger partial charge in [0.25, 0.3) is 0 Å². The van der Waals surface area contributed by atoms with Crippen molar-refractivity contribution in [1.29, 1.82) is 0 Å². The molecule has 2 aliphatic heterocycles. The Morgan fingerprint density at radius 1 is 0.398 bits per heavy atom. The van der Waals surface area contributed by atoms with Crippen LogP contribution in [0.5, 0.6) is 0 Å². The molecule has 0 aromatic rings. The minimum absolute atomic E-state index is 0.211. The van der Waals surface area contributed by atoms with E-state index in [9.17, 15) is 45.6 Å². The Labute approximate surface area is 566 Å². The maximum atomic E-state index is 13.4. The highest BCUT2D eigenvalue weighted by Crippen LogP contribution is 2.30. The number of allylic oxidation sites excluding steroid dienone is 18. The second kappa shape index (κ2) is 62.2. The number of carbonyl (C=O) groups is 1. The number of amides is 1. The minimum atomic E-state index is -1.79. The maximum absolute atomic E-state index is 13.4. The number of carbonyl (C=O) groups excluding carboxylic acids is 1. The van der Waals surface area contributed by atoms with Gasteiger partial charge in [-0.25, -0.2) is 0 Å². The summed E-state index contributed by atoms with van der Waals surface area (Å²) in [6, 6.07) is -0.838. The van der Waals surface area contributed by atoms with Gasteiger partial charge in [0, 0.05) is 6.42 Å². The van der Waals surface area contributed by atoms with E-state index in [4.69, 9.17) is 18.9 Å². The summed E-state index contributed by atoms with van der Waals surface area (Å²) in [5.74, 6) is -0.211. The minimum Gasteiger partial charge on any atom is -0.394 e. The normalized spacial score (nSPS) is 23.2. The molecule has 0 radical (unpaired) electrons. The van der Waals surface area contributed by atoms with Crippen molar-refractivity contribution in [2.45, 2.75) is 364 Å². The topological polar surface area (TPSA) is 228 Å². The average Bonchev–Trinajstić information content (AvgIpc) is 0.854. The predicted molar refractivity (Wildman–Crippen MR) is 382 cm³/mol. The molecule has 12 unspecified atom stereocenters. The van der Waals surface area contributed by atoms with Crippen LogP contribution in [0.25, 0.3) is 0 Å². The maximum Gasteiger partial charge on any atom is 0.220 e. The summed E-state index contributed by atoms with van der Waals surface area (Å²) >= 11 is 0. The van der Waals surface area contributed by atoms with Gasteiger partial charge >= 0.3 is 0 Å².